The van der Waals surface area contributed by atoms with Crippen molar-refractivity contribution in [2.45, 2.75) is 50.7 Å². The third kappa shape index (κ3) is 4.54. The number of nitrogens with zero attached hydrogens (tertiary/aromatic N) is 3. The number of aromatic nitrogens is 2. The average Bonchev–Trinajstić information content (AvgIpc) is 3.47. The fourth-order valence-corrected chi connectivity index (χ4v) is 4.53. The van der Waals surface area contributed by atoms with E-state index < -0.39 is 5.54 Å². The molecule has 2 aliphatic heterocycles. The predicted molar refractivity (Wildman–Crippen MR) is 113 cm³/mol. The van der Waals surface area contributed by atoms with Crippen LogP contribution < -0.4 is 5.32 Å². The van der Waals surface area contributed by atoms with E-state index in [1.165, 1.54) is 11.1 Å². The zero-order valence-corrected chi connectivity index (χ0v) is 17.3. The van der Waals surface area contributed by atoms with Crippen molar-refractivity contribution in [3.05, 3.63) is 53.9 Å². The first kappa shape index (κ1) is 20.1. The lowest BCUT2D eigenvalue weighted by atomic mass is 9.86. The molecule has 6 heteroatoms. The van der Waals surface area contributed by atoms with Crippen LogP contribution in [0.5, 0.6) is 0 Å². The molecule has 0 aliphatic carbocycles. The smallest absolute Gasteiger partial charge is 0.250 e. The lowest BCUT2D eigenvalue weighted by Crippen LogP contribution is -2.57. The van der Waals surface area contributed by atoms with Gasteiger partial charge in [0.05, 0.1) is 6.10 Å². The first-order chi connectivity index (χ1) is 14.2. The molecule has 3 heterocycles. The summed E-state index contributed by atoms with van der Waals surface area (Å²) in [5.41, 5.74) is 1.92. The van der Waals surface area contributed by atoms with Crippen molar-refractivity contribution in [1.82, 2.24) is 20.0 Å². The number of benzene rings is 1. The number of aryl methyl sites for hydroxylation is 1. The minimum atomic E-state index is -0.597. The van der Waals surface area contributed by atoms with E-state index in [0.29, 0.717) is 13.1 Å². The van der Waals surface area contributed by atoms with Crippen LogP contribution in [0.1, 0.15) is 36.8 Å². The van der Waals surface area contributed by atoms with Crippen molar-refractivity contribution >= 4 is 5.91 Å². The van der Waals surface area contributed by atoms with E-state index in [4.69, 9.17) is 4.74 Å². The molecule has 1 aromatic heterocycles. The predicted octanol–water partition coefficient (Wildman–Crippen LogP) is 2.52. The lowest BCUT2D eigenvalue weighted by molar-refractivity contribution is -0.144. The summed E-state index contributed by atoms with van der Waals surface area (Å²) in [7, 11) is 0. The van der Waals surface area contributed by atoms with Crippen molar-refractivity contribution < 1.29 is 9.53 Å². The third-order valence-corrected chi connectivity index (χ3v) is 6.30. The van der Waals surface area contributed by atoms with Crippen LogP contribution in [0.3, 0.4) is 0 Å². The Kier molecular flexibility index (Phi) is 6.31. The van der Waals surface area contributed by atoms with Crippen LogP contribution in [-0.2, 0) is 21.5 Å². The number of hydrogen-bond acceptors (Lipinski definition) is 4. The minimum absolute atomic E-state index is 0.147. The molecule has 1 aromatic carbocycles. The number of carbonyl (C=O) groups excluding carboxylic acids is 1. The highest BCUT2D eigenvalue weighted by Crippen LogP contribution is 2.30. The molecule has 1 unspecified atom stereocenters. The molecule has 4 rings (SSSR count). The molecule has 2 aliphatic rings. The maximum absolute atomic E-state index is 14.0. The highest BCUT2D eigenvalue weighted by Gasteiger charge is 2.44. The Morgan fingerprint density at radius 3 is 2.76 bits per heavy atom. The number of amides is 1. The summed E-state index contributed by atoms with van der Waals surface area (Å²) in [6.07, 6.45) is 8.35. The number of piperidine rings is 1. The van der Waals surface area contributed by atoms with E-state index >= 15 is 0 Å². The number of ether oxygens (including phenoxy) is 1. The Labute approximate surface area is 173 Å². The maximum Gasteiger partial charge on any atom is 0.250 e. The van der Waals surface area contributed by atoms with Gasteiger partial charge in [-0.05, 0) is 63.7 Å². The summed E-state index contributed by atoms with van der Waals surface area (Å²) in [6.45, 7) is 5.94. The van der Waals surface area contributed by atoms with E-state index in [1.807, 2.05) is 21.8 Å². The standard InChI is InChI=1S/C23H32N4O2/c1-19-5-7-20(8-6-19)9-16-26(18-21-4-2-17-29-21)22(28)23(10-13-24-14-11-23)27-15-3-12-25-27/h3,5-8,12,15,21,24H,2,4,9-11,13-14,16-18H2,1H3. The van der Waals surface area contributed by atoms with Gasteiger partial charge in [-0.15, -0.1) is 0 Å². The van der Waals surface area contributed by atoms with Crippen LogP contribution >= 0.6 is 0 Å². The van der Waals surface area contributed by atoms with Gasteiger partial charge >= 0.3 is 0 Å². The molecule has 1 atom stereocenters. The highest BCUT2D eigenvalue weighted by molar-refractivity contribution is 5.84. The Bertz CT molecular complexity index is 776. The summed E-state index contributed by atoms with van der Waals surface area (Å²) in [5.74, 6) is 0.185. The Balaban J connectivity index is 1.55. The van der Waals surface area contributed by atoms with Crippen molar-refractivity contribution in [2.75, 3.05) is 32.8 Å². The molecule has 0 saturated carbocycles. The van der Waals surface area contributed by atoms with Gasteiger partial charge in [0, 0.05) is 32.1 Å². The second-order valence-electron chi connectivity index (χ2n) is 8.35. The first-order valence-corrected chi connectivity index (χ1v) is 10.8. The van der Waals surface area contributed by atoms with Gasteiger partial charge in [0.25, 0.3) is 5.91 Å². The molecule has 0 spiro atoms. The van der Waals surface area contributed by atoms with Crippen LogP contribution in [-0.4, -0.2) is 59.5 Å². The summed E-state index contributed by atoms with van der Waals surface area (Å²) in [4.78, 5) is 16.0. The molecule has 2 saturated heterocycles. The van der Waals surface area contributed by atoms with Crippen LogP contribution in [0.4, 0.5) is 0 Å². The molecule has 156 valence electrons. The van der Waals surface area contributed by atoms with Gasteiger partial charge in [-0.2, -0.15) is 5.10 Å². The van der Waals surface area contributed by atoms with E-state index in [2.05, 4.69) is 41.6 Å². The molecule has 0 bridgehead atoms. The Morgan fingerprint density at radius 2 is 2.10 bits per heavy atom. The van der Waals surface area contributed by atoms with Crippen molar-refractivity contribution in [1.29, 1.82) is 0 Å². The van der Waals surface area contributed by atoms with E-state index in [0.717, 1.165) is 51.8 Å². The normalized spacial score (nSPS) is 21.2. The zero-order chi connectivity index (χ0) is 20.1. The fraction of sp³-hybridized carbons (Fsp3) is 0.565. The largest absolute Gasteiger partial charge is 0.376 e. The number of carbonyl (C=O) groups is 1. The monoisotopic (exact) mass is 396 g/mol. The molecule has 0 radical (unpaired) electrons. The highest BCUT2D eigenvalue weighted by atomic mass is 16.5. The molecule has 1 amide bonds. The summed E-state index contributed by atoms with van der Waals surface area (Å²) in [6, 6.07) is 10.5. The van der Waals surface area contributed by atoms with Gasteiger partial charge in [0.2, 0.25) is 0 Å². The Morgan fingerprint density at radius 1 is 1.31 bits per heavy atom. The number of nitrogens with one attached hydrogen (secondary N) is 1. The van der Waals surface area contributed by atoms with E-state index in [-0.39, 0.29) is 12.0 Å². The molecular formula is C23H32N4O2. The minimum Gasteiger partial charge on any atom is -0.376 e. The topological polar surface area (TPSA) is 59.4 Å². The van der Waals surface area contributed by atoms with Crippen LogP contribution in [0.2, 0.25) is 0 Å². The van der Waals surface area contributed by atoms with E-state index in [9.17, 15) is 4.79 Å². The van der Waals surface area contributed by atoms with Gasteiger partial charge in [0.1, 0.15) is 5.54 Å². The van der Waals surface area contributed by atoms with Crippen molar-refractivity contribution in [3.8, 4) is 0 Å². The molecule has 2 aromatic rings. The van der Waals surface area contributed by atoms with Gasteiger partial charge in [-0.1, -0.05) is 29.8 Å². The van der Waals surface area contributed by atoms with E-state index in [1.54, 1.807) is 6.20 Å². The SMILES string of the molecule is Cc1ccc(CCN(CC2CCCO2)C(=O)C2(n3cccn3)CCNCC2)cc1. The molecule has 2 fully saturated rings. The molecular weight excluding hydrogens is 364 g/mol. The van der Waals surface area contributed by atoms with Gasteiger partial charge < -0.3 is 15.0 Å². The summed E-state index contributed by atoms with van der Waals surface area (Å²) < 4.78 is 7.78. The average molecular weight is 397 g/mol. The summed E-state index contributed by atoms with van der Waals surface area (Å²) >= 11 is 0. The number of rotatable bonds is 7. The van der Waals surface area contributed by atoms with Crippen LogP contribution in [0, 0.1) is 6.92 Å². The van der Waals surface area contributed by atoms with Gasteiger partial charge in [0.15, 0.2) is 0 Å². The maximum atomic E-state index is 14.0. The van der Waals surface area contributed by atoms with Crippen molar-refractivity contribution in [2.24, 2.45) is 0 Å². The van der Waals surface area contributed by atoms with Gasteiger partial charge in [-0.3, -0.25) is 9.48 Å². The first-order valence-electron chi connectivity index (χ1n) is 10.8. The molecule has 29 heavy (non-hydrogen) atoms. The second-order valence-corrected chi connectivity index (χ2v) is 8.35. The third-order valence-electron chi connectivity index (χ3n) is 6.30. The van der Waals surface area contributed by atoms with Crippen LogP contribution in [0.25, 0.3) is 0 Å². The van der Waals surface area contributed by atoms with Crippen LogP contribution in [0.15, 0.2) is 42.7 Å². The lowest BCUT2D eigenvalue weighted by Gasteiger charge is -2.40. The fourth-order valence-electron chi connectivity index (χ4n) is 4.53. The second kappa shape index (κ2) is 9.09. The quantitative estimate of drug-likeness (QED) is 0.781. The molecule has 6 nitrogen and oxygen atoms in total. The zero-order valence-electron chi connectivity index (χ0n) is 17.3. The number of hydrogen-bond donors (Lipinski definition) is 1. The Hall–Kier alpha value is -2.18. The van der Waals surface area contributed by atoms with Gasteiger partial charge in [-0.25, -0.2) is 0 Å². The van der Waals surface area contributed by atoms with Crippen molar-refractivity contribution in [3.63, 3.8) is 0 Å². The molecule has 1 N–H and O–H groups in total. The summed E-state index contributed by atoms with van der Waals surface area (Å²) in [5, 5.41) is 7.88.